The molecule has 3 heterocycles. The first-order chi connectivity index (χ1) is 12.6. The van der Waals surface area contributed by atoms with Gasteiger partial charge in [-0.3, -0.25) is 14.5 Å². The van der Waals surface area contributed by atoms with Crippen molar-refractivity contribution in [2.75, 3.05) is 7.11 Å². The van der Waals surface area contributed by atoms with Gasteiger partial charge in [-0.15, -0.1) is 0 Å². The van der Waals surface area contributed by atoms with E-state index in [4.69, 9.17) is 4.74 Å². The molecule has 2 amide bonds. The number of amides is 2. The Hall–Kier alpha value is -0.110. The maximum absolute atomic E-state index is 12.6. The van der Waals surface area contributed by atoms with E-state index in [0.717, 1.165) is 16.7 Å². The maximum atomic E-state index is 12.6. The number of carbonyl (C=O) groups excluding carboxylic acids is 4. The molecule has 2 aliphatic rings. The molecule has 146 valence electrons. The number of nitrogens with zero attached hydrogens (tertiary/aromatic N) is 1. The van der Waals surface area contributed by atoms with Crippen LogP contribution in [0, 0.1) is 0 Å². The van der Waals surface area contributed by atoms with Crippen molar-refractivity contribution in [3.05, 3.63) is 22.4 Å². The monoisotopic (exact) mass is 458 g/mol. The molecular weight excluding hydrogens is 442 g/mol. The fourth-order valence-corrected chi connectivity index (χ4v) is 5.95. The summed E-state index contributed by atoms with van der Waals surface area (Å²) in [5, 5.41) is 27.0. The molecule has 0 spiro atoms. The minimum atomic E-state index is -1.60. The Labute approximate surface area is 219 Å². The van der Waals surface area contributed by atoms with E-state index in [9.17, 15) is 29.4 Å². The van der Waals surface area contributed by atoms with Gasteiger partial charge in [-0.1, -0.05) is 11.8 Å². The van der Waals surface area contributed by atoms with E-state index in [2.05, 4.69) is 5.32 Å². The van der Waals surface area contributed by atoms with Gasteiger partial charge < -0.3 is 29.9 Å². The molecule has 1 N–H and O–H groups in total. The Morgan fingerprint density at radius 1 is 1.28 bits per heavy atom. The largest absolute Gasteiger partial charge is 1.00 e. The first-order valence-electron chi connectivity index (χ1n) is 7.89. The van der Waals surface area contributed by atoms with Gasteiger partial charge in [0.2, 0.25) is 11.0 Å². The summed E-state index contributed by atoms with van der Waals surface area (Å²) in [7, 11) is 1.29. The first kappa shape index (κ1) is 26.9. The smallest absolute Gasteiger partial charge is 0.549 e. The van der Waals surface area contributed by atoms with Crippen molar-refractivity contribution >= 4 is 46.9 Å². The molecule has 2 saturated heterocycles. The number of rotatable bonds is 6. The second-order valence-corrected chi connectivity index (χ2v) is 9.34. The average Bonchev–Trinajstić information content (AvgIpc) is 3.15. The molecule has 9 nitrogen and oxygen atoms in total. The van der Waals surface area contributed by atoms with Gasteiger partial charge in [0.25, 0.3) is 5.91 Å². The van der Waals surface area contributed by atoms with Crippen molar-refractivity contribution in [2.45, 2.75) is 41.7 Å². The molecule has 13 heteroatoms. The van der Waals surface area contributed by atoms with E-state index in [0.29, 0.717) is 0 Å². The quantitative estimate of drug-likeness (QED) is 0.252. The average molecular weight is 458 g/mol. The van der Waals surface area contributed by atoms with Crippen molar-refractivity contribution < 1.29 is 93.2 Å². The number of carbonyl (C=O) groups is 4. The summed E-state index contributed by atoms with van der Waals surface area (Å²) < 4.78 is 4.49. The van der Waals surface area contributed by atoms with Crippen LogP contribution in [0.4, 0.5) is 0 Å². The number of aliphatic carboxylic acids is 2. The topological polar surface area (TPSA) is 139 Å². The number of fused-ring (bicyclic) bond motifs is 1. The molecule has 29 heavy (non-hydrogen) atoms. The number of thioether (sulfide) groups is 1. The number of nitrogens with one attached hydrogen (secondary N) is 1. The Balaban J connectivity index is 0.00000210. The zero-order chi connectivity index (χ0) is 20.1. The van der Waals surface area contributed by atoms with Crippen LogP contribution in [0.5, 0.6) is 0 Å². The van der Waals surface area contributed by atoms with Crippen LogP contribution >= 0.6 is 23.1 Å². The molecule has 3 rings (SSSR count). The van der Waals surface area contributed by atoms with Crippen LogP contribution in [0.3, 0.4) is 0 Å². The molecule has 1 aromatic heterocycles. The SMILES string of the molecule is COC12SC(C)(C)[C@H](C(=O)[O-])N1C(=O)[C@H]2NC(=O)C(C(=O)[O-])c1ccsc1.[Na+].[Na+]. The first-order valence-corrected chi connectivity index (χ1v) is 9.65. The van der Waals surface area contributed by atoms with Crippen LogP contribution in [-0.2, 0) is 23.9 Å². The Kier molecular flexibility index (Phi) is 8.89. The summed E-state index contributed by atoms with van der Waals surface area (Å²) in [6.07, 6.45) is 0. The predicted molar refractivity (Wildman–Crippen MR) is 91.0 cm³/mol. The van der Waals surface area contributed by atoms with E-state index in [1.807, 2.05) is 0 Å². The number of hydrogen-bond donors (Lipinski definition) is 1. The molecule has 1 aromatic rings. The van der Waals surface area contributed by atoms with Crippen molar-refractivity contribution in [3.63, 3.8) is 0 Å². The fourth-order valence-electron chi connectivity index (χ4n) is 3.54. The number of hydrogen-bond acceptors (Lipinski definition) is 9. The van der Waals surface area contributed by atoms with Gasteiger partial charge in [-0.2, -0.15) is 11.3 Å². The maximum Gasteiger partial charge on any atom is 1.00 e. The zero-order valence-electron chi connectivity index (χ0n) is 16.6. The van der Waals surface area contributed by atoms with E-state index in [1.54, 1.807) is 19.2 Å². The Bertz CT molecular complexity index is 820. The summed E-state index contributed by atoms with van der Waals surface area (Å²) in [5.41, 5.74) is 0.236. The van der Waals surface area contributed by atoms with E-state index >= 15 is 0 Å². The number of carboxylic acids is 2. The number of thiophene rings is 1. The summed E-state index contributed by atoms with van der Waals surface area (Å²) in [6, 6.07) is -1.01. The van der Waals surface area contributed by atoms with Crippen molar-refractivity contribution in [3.8, 4) is 0 Å². The molecule has 4 atom stereocenters. The molecule has 0 aromatic carbocycles. The third-order valence-electron chi connectivity index (χ3n) is 4.69. The molecule has 2 aliphatic heterocycles. The standard InChI is InChI=1S/C16H18N2O7S2.2Na/c1-15(2)10(14(23)24)18-12(20)9(16(18,25-3)27-15)17-11(19)8(13(21)22)7-4-5-26-6-7;;/h4-6,8-10H,1-3H3,(H,17,19)(H,21,22)(H,23,24);;/q;2*+1/p-2/t8?,9-,10+,16?;;/m1../s1. The van der Waals surface area contributed by atoms with E-state index in [1.165, 1.54) is 29.9 Å². The predicted octanol–water partition coefficient (Wildman–Crippen LogP) is -8.14. The molecule has 2 fully saturated rings. The second kappa shape index (κ2) is 9.58. The minimum absolute atomic E-state index is 0. The van der Waals surface area contributed by atoms with E-state index in [-0.39, 0.29) is 64.7 Å². The molecule has 0 radical (unpaired) electrons. The molecular formula is C16H16N2Na2O7S2. The molecule has 0 bridgehead atoms. The second-order valence-electron chi connectivity index (χ2n) is 6.72. The number of ether oxygens (including phenoxy) is 1. The van der Waals surface area contributed by atoms with Crippen LogP contribution in [-0.4, -0.2) is 57.7 Å². The number of β-lactam (4-membered cyclic amide) rings is 1. The van der Waals surface area contributed by atoms with Crippen molar-refractivity contribution in [1.82, 2.24) is 10.2 Å². The minimum Gasteiger partial charge on any atom is -0.549 e. The summed E-state index contributed by atoms with van der Waals surface area (Å²) in [4.78, 5) is 49.2. The van der Waals surface area contributed by atoms with Gasteiger partial charge in [0.1, 0.15) is 5.92 Å². The van der Waals surface area contributed by atoms with Gasteiger partial charge in [0.05, 0.1) is 18.0 Å². The van der Waals surface area contributed by atoms with Gasteiger partial charge in [0.15, 0.2) is 6.04 Å². The Morgan fingerprint density at radius 3 is 2.34 bits per heavy atom. The normalized spacial score (nSPS) is 27.6. The number of carboxylic acid groups (broad SMARTS) is 2. The van der Waals surface area contributed by atoms with Crippen molar-refractivity contribution in [2.24, 2.45) is 0 Å². The molecule has 0 aliphatic carbocycles. The van der Waals surface area contributed by atoms with E-state index < -0.39 is 51.6 Å². The fraction of sp³-hybridized carbons (Fsp3) is 0.500. The van der Waals surface area contributed by atoms with Gasteiger partial charge in [-0.05, 0) is 36.2 Å². The van der Waals surface area contributed by atoms with Crippen LogP contribution < -0.4 is 74.6 Å². The molecule has 0 saturated carbocycles. The van der Waals surface area contributed by atoms with Gasteiger partial charge in [0, 0.05) is 11.9 Å². The summed E-state index contributed by atoms with van der Waals surface area (Å²) in [6.45, 7) is 3.25. The van der Waals surface area contributed by atoms with Crippen LogP contribution in [0.2, 0.25) is 0 Å². The summed E-state index contributed by atoms with van der Waals surface area (Å²) in [5.74, 6) is -6.25. The van der Waals surface area contributed by atoms with Crippen LogP contribution in [0.25, 0.3) is 0 Å². The van der Waals surface area contributed by atoms with Gasteiger partial charge >= 0.3 is 59.1 Å². The molecule has 2 unspecified atom stereocenters. The van der Waals surface area contributed by atoms with Gasteiger partial charge in [-0.25, -0.2) is 0 Å². The number of methoxy groups -OCH3 is 1. The Morgan fingerprint density at radius 2 is 1.90 bits per heavy atom. The van der Waals surface area contributed by atoms with Crippen LogP contribution in [0.1, 0.15) is 25.3 Å². The van der Waals surface area contributed by atoms with Crippen LogP contribution in [0.15, 0.2) is 16.8 Å². The third-order valence-corrected chi connectivity index (χ3v) is 7.03. The van der Waals surface area contributed by atoms with Crippen molar-refractivity contribution in [1.29, 1.82) is 0 Å². The summed E-state index contributed by atoms with van der Waals surface area (Å²) >= 11 is 2.28. The third kappa shape index (κ3) is 4.31. The zero-order valence-corrected chi connectivity index (χ0v) is 22.2.